The number of carbonyl (C=O) groups excluding carboxylic acids is 1. The molecule has 1 saturated heterocycles. The van der Waals surface area contributed by atoms with Crippen LogP contribution in [0.4, 0.5) is 5.69 Å². The van der Waals surface area contributed by atoms with Gasteiger partial charge in [-0.25, -0.2) is 25.9 Å². The zero-order valence-electron chi connectivity index (χ0n) is 18.5. The van der Waals surface area contributed by atoms with Crippen LogP contribution < -0.4 is 13.8 Å². The normalized spacial score (nSPS) is 18.2. The Morgan fingerprint density at radius 2 is 1.88 bits per heavy atom. The Bertz CT molecular complexity index is 1430. The second-order valence-corrected chi connectivity index (χ2v) is 11.7. The topological polar surface area (TPSA) is 126 Å². The standard InChI is InChI=1S/C22H25N3O6S2/c1-14-13-32(27,28)25(22(14)26)16-4-7-18(8-5-16)33(29,30)23-11-10-19-15(2)24-21-9-6-17(31-3)12-20(19)21/h4-9,12,14,23-24H,10-11,13H2,1-3H3/t14-/m1/s1. The Balaban J connectivity index is 1.48. The molecule has 1 amide bonds. The highest BCUT2D eigenvalue weighted by atomic mass is 32.2. The van der Waals surface area contributed by atoms with Crippen LogP contribution in [0.2, 0.25) is 0 Å². The van der Waals surface area contributed by atoms with Gasteiger partial charge in [0.25, 0.3) is 0 Å². The molecule has 1 aromatic heterocycles. The van der Waals surface area contributed by atoms with E-state index in [-0.39, 0.29) is 22.9 Å². The van der Waals surface area contributed by atoms with E-state index in [4.69, 9.17) is 4.74 Å². The molecule has 1 atom stereocenters. The number of ether oxygens (including phenoxy) is 1. The van der Waals surface area contributed by atoms with Gasteiger partial charge in [-0.15, -0.1) is 0 Å². The van der Waals surface area contributed by atoms with E-state index in [2.05, 4.69) is 9.71 Å². The van der Waals surface area contributed by atoms with Gasteiger partial charge in [-0.3, -0.25) is 4.79 Å². The first-order chi connectivity index (χ1) is 15.5. The van der Waals surface area contributed by atoms with E-state index < -0.39 is 31.9 Å². The van der Waals surface area contributed by atoms with Crippen LogP contribution in [0.3, 0.4) is 0 Å². The Kier molecular flexibility index (Phi) is 5.97. The van der Waals surface area contributed by atoms with Gasteiger partial charge in [0.15, 0.2) is 0 Å². The maximum absolute atomic E-state index is 12.7. The number of sulfonamides is 2. The van der Waals surface area contributed by atoms with Gasteiger partial charge < -0.3 is 9.72 Å². The molecule has 0 bridgehead atoms. The molecule has 0 aliphatic carbocycles. The second-order valence-electron chi connectivity index (χ2n) is 8.06. The van der Waals surface area contributed by atoms with Crippen molar-refractivity contribution in [3.05, 3.63) is 53.7 Å². The zero-order chi connectivity index (χ0) is 24.0. The molecular weight excluding hydrogens is 466 g/mol. The van der Waals surface area contributed by atoms with Crippen LogP contribution in [-0.2, 0) is 31.3 Å². The first kappa shape index (κ1) is 23.3. The Labute approximate surface area is 192 Å². The maximum atomic E-state index is 12.7. The number of carbonyl (C=O) groups is 1. The molecule has 0 spiro atoms. The number of aromatic amines is 1. The summed E-state index contributed by atoms with van der Waals surface area (Å²) >= 11 is 0. The average molecular weight is 492 g/mol. The number of methoxy groups -OCH3 is 1. The molecule has 2 heterocycles. The van der Waals surface area contributed by atoms with Crippen molar-refractivity contribution >= 4 is 42.5 Å². The van der Waals surface area contributed by atoms with Gasteiger partial charge in [-0.05, 0) is 61.4 Å². The SMILES string of the molecule is COc1ccc2[nH]c(C)c(CCNS(=O)(=O)c3ccc(N4C(=O)[C@H](C)CS4(=O)=O)cc3)c2c1. The summed E-state index contributed by atoms with van der Waals surface area (Å²) in [5, 5.41) is 0.973. The highest BCUT2D eigenvalue weighted by Crippen LogP contribution is 2.29. The van der Waals surface area contributed by atoms with Crippen LogP contribution in [0.1, 0.15) is 18.2 Å². The second kappa shape index (κ2) is 8.47. The Morgan fingerprint density at radius 3 is 2.48 bits per heavy atom. The third-order valence-corrected chi connectivity index (χ3v) is 9.08. The summed E-state index contributed by atoms with van der Waals surface area (Å²) in [6.45, 7) is 3.66. The molecule has 1 aliphatic rings. The van der Waals surface area contributed by atoms with Gasteiger partial charge in [-0.2, -0.15) is 0 Å². The lowest BCUT2D eigenvalue weighted by atomic mass is 10.1. The Hall–Kier alpha value is -2.89. The summed E-state index contributed by atoms with van der Waals surface area (Å²) in [7, 11) is -5.98. The van der Waals surface area contributed by atoms with Gasteiger partial charge in [0.1, 0.15) is 5.75 Å². The molecule has 1 fully saturated rings. The van der Waals surface area contributed by atoms with Crippen LogP contribution in [0.5, 0.6) is 5.75 Å². The molecule has 3 aromatic rings. The molecule has 0 saturated carbocycles. The third kappa shape index (κ3) is 4.35. The number of aryl methyl sites for hydroxylation is 1. The highest BCUT2D eigenvalue weighted by Gasteiger charge is 2.41. The first-order valence-corrected chi connectivity index (χ1v) is 13.4. The van der Waals surface area contributed by atoms with Crippen molar-refractivity contribution < 1.29 is 26.4 Å². The van der Waals surface area contributed by atoms with Crippen LogP contribution >= 0.6 is 0 Å². The molecule has 2 N–H and O–H groups in total. The fourth-order valence-corrected chi connectivity index (χ4v) is 6.90. The van der Waals surface area contributed by atoms with E-state index >= 15 is 0 Å². The number of hydrogen-bond donors (Lipinski definition) is 2. The molecule has 9 nitrogen and oxygen atoms in total. The number of anilines is 1. The summed E-state index contributed by atoms with van der Waals surface area (Å²) < 4.78 is 58.6. The quantitative estimate of drug-likeness (QED) is 0.522. The number of aromatic nitrogens is 1. The molecule has 176 valence electrons. The summed E-state index contributed by atoms with van der Waals surface area (Å²) in [6.07, 6.45) is 0.467. The lowest BCUT2D eigenvalue weighted by Crippen LogP contribution is -2.30. The van der Waals surface area contributed by atoms with Crippen molar-refractivity contribution in [1.82, 2.24) is 9.71 Å². The lowest BCUT2D eigenvalue weighted by Gasteiger charge is -2.15. The van der Waals surface area contributed by atoms with E-state index in [1.54, 1.807) is 14.0 Å². The summed E-state index contributed by atoms with van der Waals surface area (Å²) in [6, 6.07) is 10.9. The van der Waals surface area contributed by atoms with Crippen LogP contribution in [0.25, 0.3) is 10.9 Å². The zero-order valence-corrected chi connectivity index (χ0v) is 20.1. The molecule has 1 aliphatic heterocycles. The average Bonchev–Trinajstić information content (AvgIpc) is 3.18. The summed E-state index contributed by atoms with van der Waals surface area (Å²) in [4.78, 5) is 15.5. The maximum Gasteiger partial charge on any atom is 0.244 e. The van der Waals surface area contributed by atoms with Crippen molar-refractivity contribution in [1.29, 1.82) is 0 Å². The minimum absolute atomic E-state index is 0.0133. The molecule has 11 heteroatoms. The van der Waals surface area contributed by atoms with Gasteiger partial charge >= 0.3 is 0 Å². The summed E-state index contributed by atoms with van der Waals surface area (Å²) in [5.74, 6) is -0.689. The van der Waals surface area contributed by atoms with Crippen molar-refractivity contribution in [3.8, 4) is 5.75 Å². The molecule has 0 radical (unpaired) electrons. The predicted octanol–water partition coefficient (Wildman–Crippen LogP) is 2.32. The largest absolute Gasteiger partial charge is 0.497 e. The summed E-state index contributed by atoms with van der Waals surface area (Å²) in [5.41, 5.74) is 3.02. The molecule has 2 aromatic carbocycles. The highest BCUT2D eigenvalue weighted by molar-refractivity contribution is 7.94. The number of hydrogen-bond acceptors (Lipinski definition) is 6. The van der Waals surface area contributed by atoms with Crippen molar-refractivity contribution in [2.45, 2.75) is 25.2 Å². The minimum Gasteiger partial charge on any atom is -0.497 e. The lowest BCUT2D eigenvalue weighted by molar-refractivity contribution is -0.119. The van der Waals surface area contributed by atoms with Crippen LogP contribution in [0.15, 0.2) is 47.4 Å². The van der Waals surface area contributed by atoms with Crippen LogP contribution in [0, 0.1) is 12.8 Å². The number of nitrogens with one attached hydrogen (secondary N) is 2. The number of benzene rings is 2. The predicted molar refractivity (Wildman–Crippen MR) is 125 cm³/mol. The monoisotopic (exact) mass is 491 g/mol. The van der Waals surface area contributed by atoms with Crippen LogP contribution in [-0.4, -0.2) is 47.1 Å². The van der Waals surface area contributed by atoms with E-state index in [1.165, 1.54) is 24.3 Å². The van der Waals surface area contributed by atoms with Gasteiger partial charge in [0.05, 0.1) is 29.4 Å². The molecular formula is C22H25N3O6S2. The molecule has 0 unspecified atom stereocenters. The first-order valence-electron chi connectivity index (χ1n) is 10.4. The van der Waals surface area contributed by atoms with Gasteiger partial charge in [0.2, 0.25) is 26.0 Å². The van der Waals surface area contributed by atoms with Gasteiger partial charge in [0, 0.05) is 23.1 Å². The van der Waals surface area contributed by atoms with Crippen molar-refractivity contribution in [2.75, 3.05) is 23.7 Å². The fraction of sp³-hybridized carbons (Fsp3) is 0.318. The fourth-order valence-electron chi connectivity index (χ4n) is 4.05. The van der Waals surface area contributed by atoms with E-state index in [9.17, 15) is 21.6 Å². The molecule has 33 heavy (non-hydrogen) atoms. The molecule has 4 rings (SSSR count). The van der Waals surface area contributed by atoms with E-state index in [0.717, 1.165) is 32.2 Å². The van der Waals surface area contributed by atoms with E-state index in [1.807, 2.05) is 25.1 Å². The van der Waals surface area contributed by atoms with Crippen molar-refractivity contribution in [2.24, 2.45) is 5.92 Å². The van der Waals surface area contributed by atoms with Crippen molar-refractivity contribution in [3.63, 3.8) is 0 Å². The number of H-pyrrole nitrogens is 1. The minimum atomic E-state index is -3.82. The number of fused-ring (bicyclic) bond motifs is 1. The smallest absolute Gasteiger partial charge is 0.244 e. The Morgan fingerprint density at radius 1 is 1.18 bits per heavy atom. The number of rotatable bonds is 7. The van der Waals surface area contributed by atoms with E-state index in [0.29, 0.717) is 6.42 Å². The van der Waals surface area contributed by atoms with Gasteiger partial charge in [-0.1, -0.05) is 6.92 Å². The number of nitrogens with zero attached hydrogens (tertiary/aromatic N) is 1. The third-order valence-electron chi connectivity index (χ3n) is 5.74. The number of amides is 1.